The molecule has 0 fully saturated rings. The molecule has 0 amide bonds. The van der Waals surface area contributed by atoms with Crippen LogP contribution in [0.5, 0.6) is 0 Å². The van der Waals surface area contributed by atoms with E-state index in [0.29, 0.717) is 0 Å². The highest BCUT2D eigenvalue weighted by Gasteiger charge is 2.09. The summed E-state index contributed by atoms with van der Waals surface area (Å²) in [6.07, 6.45) is 2.60. The molecule has 0 aromatic heterocycles. The average Bonchev–Trinajstić information content (AvgIpc) is 2.11. The molecule has 0 saturated heterocycles. The predicted molar refractivity (Wildman–Crippen MR) is 46.6 cm³/mol. The minimum Gasteiger partial charge on any atom is -0.480 e. The number of aliphatic carboxylic acids is 2. The monoisotopic (exact) mass is 201 g/mol. The quantitative estimate of drug-likeness (QED) is 0.389. The van der Waals surface area contributed by atoms with Gasteiger partial charge in [0, 0.05) is 0 Å². The maximum atomic E-state index is 10.5. The lowest BCUT2D eigenvalue weighted by molar-refractivity contribution is -0.146. The predicted octanol–water partition coefficient (Wildman–Crippen LogP) is -0.612. The second-order valence-electron chi connectivity index (χ2n) is 2.59. The van der Waals surface area contributed by atoms with Gasteiger partial charge in [-0.2, -0.15) is 0 Å². The first-order valence-electron chi connectivity index (χ1n) is 3.87. The number of rotatable bonds is 6. The van der Waals surface area contributed by atoms with E-state index in [4.69, 9.17) is 15.9 Å². The molecule has 6 nitrogen and oxygen atoms in total. The summed E-state index contributed by atoms with van der Waals surface area (Å²) in [6, 6.07) is -0.986. The van der Waals surface area contributed by atoms with Crippen LogP contribution >= 0.6 is 0 Å². The van der Waals surface area contributed by atoms with Gasteiger partial charge in [-0.3, -0.25) is 9.59 Å². The molecule has 0 aromatic rings. The number of ketones is 1. The van der Waals surface area contributed by atoms with Gasteiger partial charge >= 0.3 is 11.9 Å². The first kappa shape index (κ1) is 12.3. The van der Waals surface area contributed by atoms with Crippen LogP contribution in [0.15, 0.2) is 12.2 Å². The summed E-state index contributed by atoms with van der Waals surface area (Å²) in [5.41, 5.74) is 5.16. The van der Waals surface area contributed by atoms with Crippen molar-refractivity contribution >= 4 is 17.7 Å². The molecule has 6 heteroatoms. The van der Waals surface area contributed by atoms with E-state index in [1.54, 1.807) is 0 Å². The Morgan fingerprint density at radius 3 is 2.29 bits per heavy atom. The highest BCUT2D eigenvalue weighted by molar-refractivity contribution is 6.37. The molecule has 14 heavy (non-hydrogen) atoms. The molecule has 0 rings (SSSR count). The molecule has 1 atom stereocenters. The Morgan fingerprint density at radius 2 is 1.86 bits per heavy atom. The largest absolute Gasteiger partial charge is 0.480 e. The van der Waals surface area contributed by atoms with Gasteiger partial charge in [0.2, 0.25) is 0 Å². The third-order valence-electron chi connectivity index (χ3n) is 1.44. The SMILES string of the molecule is NC(CC/C=C/C(=O)C(=O)O)C(=O)O. The van der Waals surface area contributed by atoms with Crippen LogP contribution < -0.4 is 5.73 Å². The van der Waals surface area contributed by atoms with Gasteiger partial charge in [0.15, 0.2) is 0 Å². The smallest absolute Gasteiger partial charge is 0.376 e. The maximum Gasteiger partial charge on any atom is 0.376 e. The lowest BCUT2D eigenvalue weighted by Gasteiger charge is -2.01. The van der Waals surface area contributed by atoms with E-state index in [-0.39, 0.29) is 12.8 Å². The fraction of sp³-hybridized carbons (Fsp3) is 0.375. The normalized spacial score (nSPS) is 12.6. The molecule has 0 aliphatic carbocycles. The van der Waals surface area contributed by atoms with Crippen LogP contribution in [0.1, 0.15) is 12.8 Å². The van der Waals surface area contributed by atoms with Gasteiger partial charge in [-0.25, -0.2) is 4.79 Å². The summed E-state index contributed by atoms with van der Waals surface area (Å²) < 4.78 is 0. The van der Waals surface area contributed by atoms with E-state index < -0.39 is 23.8 Å². The minimum atomic E-state index is -1.54. The van der Waals surface area contributed by atoms with Crippen LogP contribution in [0.3, 0.4) is 0 Å². The Morgan fingerprint density at radius 1 is 1.29 bits per heavy atom. The van der Waals surface area contributed by atoms with Crippen LogP contribution in [0.2, 0.25) is 0 Å². The topological polar surface area (TPSA) is 118 Å². The van der Waals surface area contributed by atoms with Gasteiger partial charge in [-0.05, 0) is 18.9 Å². The first-order valence-corrected chi connectivity index (χ1v) is 3.87. The van der Waals surface area contributed by atoms with E-state index in [9.17, 15) is 14.4 Å². The fourth-order valence-electron chi connectivity index (χ4n) is 0.661. The third-order valence-corrected chi connectivity index (χ3v) is 1.44. The standard InChI is InChI=1S/C8H11NO5/c9-5(7(11)12)3-1-2-4-6(10)8(13)14/h2,4-5H,1,3,9H2,(H,11,12)(H,13,14)/b4-2+. The van der Waals surface area contributed by atoms with E-state index in [1.165, 1.54) is 6.08 Å². The highest BCUT2D eigenvalue weighted by Crippen LogP contribution is 1.96. The van der Waals surface area contributed by atoms with Crippen molar-refractivity contribution in [2.24, 2.45) is 5.73 Å². The van der Waals surface area contributed by atoms with Crippen LogP contribution in [-0.2, 0) is 14.4 Å². The lowest BCUT2D eigenvalue weighted by atomic mass is 10.1. The van der Waals surface area contributed by atoms with Crippen molar-refractivity contribution in [1.29, 1.82) is 0 Å². The second-order valence-corrected chi connectivity index (χ2v) is 2.59. The Bertz CT molecular complexity index is 271. The molecular weight excluding hydrogens is 190 g/mol. The van der Waals surface area contributed by atoms with Crippen LogP contribution in [0.4, 0.5) is 0 Å². The lowest BCUT2D eigenvalue weighted by Crippen LogP contribution is -2.29. The zero-order valence-electron chi connectivity index (χ0n) is 7.34. The van der Waals surface area contributed by atoms with Gasteiger partial charge in [0.05, 0.1) is 0 Å². The van der Waals surface area contributed by atoms with Crippen LogP contribution in [-0.4, -0.2) is 34.0 Å². The van der Waals surface area contributed by atoms with Crippen molar-refractivity contribution in [3.63, 3.8) is 0 Å². The number of carbonyl (C=O) groups is 3. The number of carboxylic acids is 2. The third kappa shape index (κ3) is 5.04. The highest BCUT2D eigenvalue weighted by atomic mass is 16.4. The number of hydrogen-bond acceptors (Lipinski definition) is 4. The first-order chi connectivity index (χ1) is 6.45. The number of nitrogens with two attached hydrogens (primary N) is 1. The summed E-state index contributed by atoms with van der Waals surface area (Å²) in [7, 11) is 0. The van der Waals surface area contributed by atoms with E-state index in [2.05, 4.69) is 0 Å². The van der Waals surface area contributed by atoms with Crippen molar-refractivity contribution < 1.29 is 24.6 Å². The molecule has 0 aliphatic heterocycles. The summed E-state index contributed by atoms with van der Waals surface area (Å²) in [4.78, 5) is 30.7. The van der Waals surface area contributed by atoms with E-state index in [1.807, 2.05) is 0 Å². The molecule has 1 unspecified atom stereocenters. The molecule has 0 aliphatic rings. The molecule has 0 bridgehead atoms. The molecule has 4 N–H and O–H groups in total. The van der Waals surface area contributed by atoms with E-state index >= 15 is 0 Å². The van der Waals surface area contributed by atoms with Crippen LogP contribution in [0, 0.1) is 0 Å². The van der Waals surface area contributed by atoms with Gasteiger partial charge in [0.1, 0.15) is 6.04 Å². The Hall–Kier alpha value is -1.69. The minimum absolute atomic E-state index is 0.165. The number of carbonyl (C=O) groups excluding carboxylic acids is 1. The van der Waals surface area contributed by atoms with Crippen molar-refractivity contribution in [3.8, 4) is 0 Å². The summed E-state index contributed by atoms with van der Waals surface area (Å²) in [5.74, 6) is -3.69. The molecule has 0 aromatic carbocycles. The summed E-state index contributed by atoms with van der Waals surface area (Å²) in [6.45, 7) is 0. The summed E-state index contributed by atoms with van der Waals surface area (Å²) >= 11 is 0. The van der Waals surface area contributed by atoms with Gasteiger partial charge in [0.25, 0.3) is 5.78 Å². The van der Waals surface area contributed by atoms with Crippen molar-refractivity contribution in [2.75, 3.05) is 0 Å². The van der Waals surface area contributed by atoms with Crippen LogP contribution in [0.25, 0.3) is 0 Å². The molecule has 0 spiro atoms. The van der Waals surface area contributed by atoms with Crippen molar-refractivity contribution in [3.05, 3.63) is 12.2 Å². The Balaban J connectivity index is 3.79. The van der Waals surface area contributed by atoms with Gasteiger partial charge < -0.3 is 15.9 Å². The zero-order chi connectivity index (χ0) is 11.1. The molecule has 0 heterocycles. The fourth-order valence-corrected chi connectivity index (χ4v) is 0.661. The second kappa shape index (κ2) is 5.87. The van der Waals surface area contributed by atoms with Gasteiger partial charge in [-0.15, -0.1) is 0 Å². The Labute approximate surface area is 80.0 Å². The van der Waals surface area contributed by atoms with Crippen molar-refractivity contribution in [2.45, 2.75) is 18.9 Å². The molecule has 0 radical (unpaired) electrons. The zero-order valence-corrected chi connectivity index (χ0v) is 7.34. The van der Waals surface area contributed by atoms with Gasteiger partial charge in [-0.1, -0.05) is 6.08 Å². The molecule has 0 saturated carbocycles. The summed E-state index contributed by atoms with van der Waals surface area (Å²) in [5, 5.41) is 16.5. The Kier molecular flexibility index (Phi) is 5.16. The van der Waals surface area contributed by atoms with Crippen molar-refractivity contribution in [1.82, 2.24) is 0 Å². The molecule has 78 valence electrons. The van der Waals surface area contributed by atoms with E-state index in [0.717, 1.165) is 6.08 Å². The number of allylic oxidation sites excluding steroid dienone is 1. The number of carboxylic acid groups (broad SMARTS) is 2. The molecular formula is C8H11NO5. The average molecular weight is 201 g/mol. The number of hydrogen-bond donors (Lipinski definition) is 3. The maximum absolute atomic E-state index is 10.5.